The Bertz CT molecular complexity index is 722. The third-order valence-corrected chi connectivity index (χ3v) is 3.08. The van der Waals surface area contributed by atoms with E-state index in [0.717, 1.165) is 6.42 Å². The van der Waals surface area contributed by atoms with Crippen LogP contribution < -0.4 is 4.74 Å². The summed E-state index contributed by atoms with van der Waals surface area (Å²) >= 11 is 0. The van der Waals surface area contributed by atoms with Gasteiger partial charge in [0, 0.05) is 10.4 Å². The van der Waals surface area contributed by atoms with Gasteiger partial charge in [-0.1, -0.05) is 26.0 Å². The molecule has 0 N–H and O–H groups in total. The van der Waals surface area contributed by atoms with Crippen LogP contribution in [-0.4, -0.2) is 51.4 Å². The van der Waals surface area contributed by atoms with Crippen molar-refractivity contribution in [1.82, 2.24) is 0 Å². The van der Waals surface area contributed by atoms with Crippen molar-refractivity contribution in [3.63, 3.8) is 0 Å². The van der Waals surface area contributed by atoms with Gasteiger partial charge in [0.15, 0.2) is 5.76 Å². The van der Waals surface area contributed by atoms with E-state index in [1.807, 2.05) is 12.1 Å². The van der Waals surface area contributed by atoms with Crippen molar-refractivity contribution in [2.45, 2.75) is 20.3 Å². The van der Waals surface area contributed by atoms with Crippen molar-refractivity contribution in [2.24, 2.45) is 5.92 Å². The van der Waals surface area contributed by atoms with Crippen molar-refractivity contribution in [2.75, 3.05) is 27.9 Å². The van der Waals surface area contributed by atoms with Crippen molar-refractivity contribution in [1.29, 1.82) is 0 Å². The van der Waals surface area contributed by atoms with Gasteiger partial charge in [-0.15, -0.1) is 0 Å². The summed E-state index contributed by atoms with van der Waals surface area (Å²) in [4.78, 5) is 12.2. The average molecular weight is 460 g/mol. The fraction of sp³-hybridized carbons (Fsp3) is 0.471. The molecule has 0 aliphatic heterocycles. The third-order valence-electron chi connectivity index (χ3n) is 3.08. The molecule has 1 aromatic rings. The molecule has 9 nitrogen and oxygen atoms in total. The van der Waals surface area contributed by atoms with Gasteiger partial charge in [-0.3, -0.25) is 8.42 Å². The summed E-state index contributed by atoms with van der Waals surface area (Å²) in [5.41, 5.74) is 0.630. The first kappa shape index (κ1) is 28.4. The molecule has 0 aliphatic carbocycles. The smallest absolute Gasteiger partial charge is 0.759 e. The minimum absolute atomic E-state index is 0. The van der Waals surface area contributed by atoms with Crippen LogP contribution in [0.5, 0.6) is 5.75 Å². The number of benzene rings is 1. The normalized spacial score (nSPS) is 11.3. The summed E-state index contributed by atoms with van der Waals surface area (Å²) in [6.45, 7) is 4.47. The number of rotatable bonds is 8. The molecule has 0 radical (unpaired) electrons. The standard InChI is InChI=1S/C17H24O5.Fe.H2O4S/c1-12(2)10-11-22-17(18)16(21-5)15(20-4)13-8-6-7-9-14(13)19-3;;1-5(2,3)4/h6-9,12H,10-11H2,1-5H3;;(H2,1,2,3,4)/q;+2;/p-2. The van der Waals surface area contributed by atoms with Gasteiger partial charge in [0.2, 0.25) is 5.76 Å². The van der Waals surface area contributed by atoms with Gasteiger partial charge >= 0.3 is 23.0 Å². The van der Waals surface area contributed by atoms with Crippen molar-refractivity contribution in [3.05, 3.63) is 35.6 Å². The zero-order valence-electron chi connectivity index (χ0n) is 16.2. The van der Waals surface area contributed by atoms with Crippen LogP contribution in [0.2, 0.25) is 0 Å². The van der Waals surface area contributed by atoms with Crippen LogP contribution in [0.3, 0.4) is 0 Å². The first-order valence-electron chi connectivity index (χ1n) is 7.84. The van der Waals surface area contributed by atoms with E-state index in [1.54, 1.807) is 19.2 Å². The SMILES string of the molecule is COC(C(=O)OCCC(C)C)=C(OC)c1ccccc1OC.O=S(=O)([O-])[O-].[Fe+2]. The second kappa shape index (κ2) is 14.3. The molecule has 0 heterocycles. The Balaban J connectivity index is 0. The third kappa shape index (κ3) is 11.8. The first-order chi connectivity index (χ1) is 12.5. The Kier molecular flexibility index (Phi) is 14.5. The quantitative estimate of drug-likeness (QED) is 0.142. The molecule has 0 aliphatic rings. The van der Waals surface area contributed by atoms with Crippen molar-refractivity contribution >= 4 is 22.1 Å². The van der Waals surface area contributed by atoms with Gasteiger partial charge in [0.1, 0.15) is 5.75 Å². The van der Waals surface area contributed by atoms with Crippen molar-refractivity contribution in [3.8, 4) is 5.75 Å². The van der Waals surface area contributed by atoms with Crippen LogP contribution in [0.4, 0.5) is 0 Å². The van der Waals surface area contributed by atoms with Crippen LogP contribution >= 0.6 is 0 Å². The van der Waals surface area contributed by atoms with E-state index in [9.17, 15) is 4.79 Å². The summed E-state index contributed by atoms with van der Waals surface area (Å²) in [7, 11) is -0.727. The molecule has 0 fully saturated rings. The Labute approximate surface area is 176 Å². The van der Waals surface area contributed by atoms with Gasteiger partial charge < -0.3 is 28.1 Å². The van der Waals surface area contributed by atoms with Crippen LogP contribution in [-0.2, 0) is 46.5 Å². The summed E-state index contributed by atoms with van der Waals surface area (Å²) in [6.07, 6.45) is 0.791. The number of carbonyl (C=O) groups excluding carboxylic acids is 1. The van der Waals surface area contributed by atoms with E-state index >= 15 is 0 Å². The maximum absolute atomic E-state index is 12.2. The predicted molar refractivity (Wildman–Crippen MR) is 94.8 cm³/mol. The Morgan fingerprint density at radius 1 is 1.07 bits per heavy atom. The van der Waals surface area contributed by atoms with Gasteiger partial charge in [-0.2, -0.15) is 0 Å². The molecule has 11 heteroatoms. The molecule has 0 bridgehead atoms. The number of carbonyl (C=O) groups is 1. The van der Waals surface area contributed by atoms with Crippen LogP contribution in [0.15, 0.2) is 30.0 Å². The largest absolute Gasteiger partial charge is 2.00 e. The Morgan fingerprint density at radius 3 is 2.04 bits per heavy atom. The molecule has 1 rings (SSSR count). The molecule has 0 saturated heterocycles. The molecule has 160 valence electrons. The van der Waals surface area contributed by atoms with Crippen LogP contribution in [0, 0.1) is 5.92 Å². The molecular weight excluding hydrogens is 436 g/mol. The zero-order chi connectivity index (χ0) is 21.0. The molecule has 1 aromatic carbocycles. The fourth-order valence-electron chi connectivity index (χ4n) is 1.88. The van der Waals surface area contributed by atoms with Crippen molar-refractivity contribution < 1.29 is 58.3 Å². The van der Waals surface area contributed by atoms with E-state index in [1.165, 1.54) is 14.2 Å². The molecule has 0 unspecified atom stereocenters. The number of para-hydroxylation sites is 1. The number of hydrogen-bond acceptors (Lipinski definition) is 9. The summed E-state index contributed by atoms with van der Waals surface area (Å²) in [6, 6.07) is 7.24. The zero-order valence-corrected chi connectivity index (χ0v) is 18.2. The summed E-state index contributed by atoms with van der Waals surface area (Å²) < 4.78 is 55.2. The Hall–Kier alpha value is -1.78. The number of methoxy groups -OCH3 is 3. The molecule has 28 heavy (non-hydrogen) atoms. The fourth-order valence-corrected chi connectivity index (χ4v) is 1.88. The first-order valence-corrected chi connectivity index (χ1v) is 9.17. The van der Waals surface area contributed by atoms with E-state index in [4.69, 9.17) is 36.5 Å². The van der Waals surface area contributed by atoms with E-state index in [0.29, 0.717) is 23.8 Å². The minimum atomic E-state index is -5.17. The second-order valence-corrected chi connectivity index (χ2v) is 6.31. The topological polar surface area (TPSA) is 134 Å². The van der Waals surface area contributed by atoms with Gasteiger partial charge in [0.25, 0.3) is 0 Å². The maximum atomic E-state index is 12.2. The molecule has 0 saturated carbocycles. The van der Waals surface area contributed by atoms with E-state index < -0.39 is 16.4 Å². The number of esters is 1. The van der Waals surface area contributed by atoms with Crippen LogP contribution in [0.25, 0.3) is 5.76 Å². The average Bonchev–Trinajstić information content (AvgIpc) is 2.57. The van der Waals surface area contributed by atoms with E-state index in [-0.39, 0.29) is 28.6 Å². The Morgan fingerprint density at radius 2 is 1.61 bits per heavy atom. The molecular formula is C17H24FeO9S. The van der Waals surface area contributed by atoms with E-state index in [2.05, 4.69) is 13.8 Å². The summed E-state index contributed by atoms with van der Waals surface area (Å²) in [5.74, 6) is 0.805. The monoisotopic (exact) mass is 460 g/mol. The number of ether oxygens (including phenoxy) is 4. The van der Waals surface area contributed by atoms with Gasteiger partial charge in [-0.25, -0.2) is 4.79 Å². The second-order valence-electron chi connectivity index (χ2n) is 5.49. The molecule has 0 amide bonds. The molecule has 0 atom stereocenters. The molecule has 0 spiro atoms. The minimum Gasteiger partial charge on any atom is -0.759 e. The predicted octanol–water partition coefficient (Wildman–Crippen LogP) is 1.91. The van der Waals surface area contributed by atoms with Gasteiger partial charge in [0.05, 0.1) is 33.5 Å². The van der Waals surface area contributed by atoms with Gasteiger partial charge in [-0.05, 0) is 24.5 Å². The molecule has 0 aromatic heterocycles. The maximum Gasteiger partial charge on any atom is 2.00 e. The van der Waals surface area contributed by atoms with Crippen LogP contribution in [0.1, 0.15) is 25.8 Å². The summed E-state index contributed by atoms with van der Waals surface area (Å²) in [5, 5.41) is 0. The number of hydrogen-bond donors (Lipinski definition) is 0.